The first-order valence-electron chi connectivity index (χ1n) is 11.8. The molecule has 0 radical (unpaired) electrons. The minimum absolute atomic E-state index is 0.565. The van der Waals surface area contributed by atoms with E-state index in [0.29, 0.717) is 6.54 Å². The predicted molar refractivity (Wildman–Crippen MR) is 121 cm³/mol. The van der Waals surface area contributed by atoms with E-state index >= 15 is 0 Å². The van der Waals surface area contributed by atoms with Gasteiger partial charge in [0.25, 0.3) is 0 Å². The molecule has 3 heterocycles. The largest absolute Gasteiger partial charge is 0.379 e. The Morgan fingerprint density at radius 2 is 1.97 bits per heavy atom. The summed E-state index contributed by atoms with van der Waals surface area (Å²) in [7, 11) is 2.01. The summed E-state index contributed by atoms with van der Waals surface area (Å²) in [6, 6.07) is 0. The van der Waals surface area contributed by atoms with Crippen molar-refractivity contribution in [2.24, 2.45) is 23.9 Å². The topological polar surface area (TPSA) is 70.8 Å². The van der Waals surface area contributed by atoms with Crippen LogP contribution in [0.5, 0.6) is 0 Å². The lowest BCUT2D eigenvalue weighted by Gasteiger charge is -2.27. The molecule has 3 rings (SSSR count). The van der Waals surface area contributed by atoms with Gasteiger partial charge in [-0.2, -0.15) is 0 Å². The van der Waals surface area contributed by atoms with E-state index in [4.69, 9.17) is 9.73 Å². The maximum atomic E-state index is 5.45. The van der Waals surface area contributed by atoms with Gasteiger partial charge in [-0.15, -0.1) is 10.2 Å². The Morgan fingerprint density at radius 1 is 1.20 bits per heavy atom. The predicted octanol–water partition coefficient (Wildman–Crippen LogP) is 2.05. The zero-order valence-corrected chi connectivity index (χ0v) is 19.4. The number of guanidine groups is 1. The van der Waals surface area contributed by atoms with Gasteiger partial charge in [-0.1, -0.05) is 26.7 Å². The Labute approximate surface area is 182 Å². The zero-order chi connectivity index (χ0) is 21.3. The van der Waals surface area contributed by atoms with Crippen molar-refractivity contribution < 1.29 is 4.74 Å². The third-order valence-electron chi connectivity index (χ3n) is 6.83. The van der Waals surface area contributed by atoms with E-state index in [1.807, 2.05) is 18.5 Å². The molecule has 0 aliphatic carbocycles. The lowest BCUT2D eigenvalue weighted by Crippen LogP contribution is -2.42. The molecular weight excluding hydrogens is 378 g/mol. The number of nitrogens with one attached hydrogen (secondary N) is 1. The van der Waals surface area contributed by atoms with E-state index in [0.717, 1.165) is 88.3 Å². The summed E-state index contributed by atoms with van der Waals surface area (Å²) in [6.45, 7) is 15.3. The highest BCUT2D eigenvalue weighted by Gasteiger charge is 2.29. The average molecular weight is 420 g/mol. The van der Waals surface area contributed by atoms with Crippen LogP contribution in [0.25, 0.3) is 0 Å². The molecule has 2 aliphatic heterocycles. The molecule has 8 heteroatoms. The maximum Gasteiger partial charge on any atom is 0.194 e. The van der Waals surface area contributed by atoms with Gasteiger partial charge in [0.05, 0.1) is 13.2 Å². The van der Waals surface area contributed by atoms with Gasteiger partial charge >= 0.3 is 0 Å². The molecule has 2 aliphatic rings. The van der Waals surface area contributed by atoms with Crippen LogP contribution in [0.15, 0.2) is 4.99 Å². The van der Waals surface area contributed by atoms with Crippen molar-refractivity contribution in [3.63, 3.8) is 0 Å². The first-order chi connectivity index (χ1) is 14.6. The number of likely N-dealkylation sites (tertiary alicyclic amines) is 1. The molecule has 2 fully saturated rings. The molecule has 0 amide bonds. The minimum Gasteiger partial charge on any atom is -0.379 e. The van der Waals surface area contributed by atoms with E-state index in [9.17, 15) is 0 Å². The molecule has 0 bridgehead atoms. The van der Waals surface area contributed by atoms with E-state index in [1.165, 1.54) is 19.3 Å². The third-order valence-corrected chi connectivity index (χ3v) is 6.83. The summed E-state index contributed by atoms with van der Waals surface area (Å²) < 4.78 is 7.47. The second kappa shape index (κ2) is 11.6. The van der Waals surface area contributed by atoms with E-state index in [2.05, 4.69) is 39.2 Å². The highest BCUT2D eigenvalue weighted by molar-refractivity contribution is 5.80. The molecule has 1 atom stereocenters. The maximum absolute atomic E-state index is 5.45. The lowest BCUT2D eigenvalue weighted by atomic mass is 9.87. The summed E-state index contributed by atoms with van der Waals surface area (Å²) in [5.41, 5.74) is 0. The summed E-state index contributed by atoms with van der Waals surface area (Å²) in [5.74, 6) is 4.47. The first-order valence-corrected chi connectivity index (χ1v) is 11.8. The number of hydrogen-bond donors (Lipinski definition) is 1. The lowest BCUT2D eigenvalue weighted by molar-refractivity contribution is 0.0375. The van der Waals surface area contributed by atoms with Crippen molar-refractivity contribution in [2.75, 3.05) is 52.5 Å². The van der Waals surface area contributed by atoms with Crippen molar-refractivity contribution >= 4 is 5.96 Å². The summed E-state index contributed by atoms with van der Waals surface area (Å²) in [6.07, 6.45) is 4.93. The molecule has 0 spiro atoms. The SMILES string of the molecule is CCC(CC)C1CCN(C(=NCc2nnc(C)n2C)NCCCN2CCOCC2)C1. The van der Waals surface area contributed by atoms with Gasteiger partial charge < -0.3 is 19.5 Å². The summed E-state index contributed by atoms with van der Waals surface area (Å²) >= 11 is 0. The summed E-state index contributed by atoms with van der Waals surface area (Å²) in [5, 5.41) is 12.1. The van der Waals surface area contributed by atoms with Crippen LogP contribution >= 0.6 is 0 Å². The number of aromatic nitrogens is 3. The van der Waals surface area contributed by atoms with Crippen LogP contribution in [0, 0.1) is 18.8 Å². The van der Waals surface area contributed by atoms with Gasteiger partial charge in [0.1, 0.15) is 12.4 Å². The van der Waals surface area contributed by atoms with Gasteiger partial charge in [-0.3, -0.25) is 4.90 Å². The van der Waals surface area contributed by atoms with Gasteiger partial charge in [0.2, 0.25) is 0 Å². The Bertz CT molecular complexity index is 664. The molecule has 170 valence electrons. The van der Waals surface area contributed by atoms with Crippen molar-refractivity contribution in [3.8, 4) is 0 Å². The molecule has 1 aromatic rings. The van der Waals surface area contributed by atoms with Crippen LogP contribution in [0.1, 0.15) is 51.2 Å². The molecule has 0 saturated carbocycles. The highest BCUT2D eigenvalue weighted by Crippen LogP contribution is 2.28. The molecule has 1 unspecified atom stereocenters. The van der Waals surface area contributed by atoms with Gasteiger partial charge in [0.15, 0.2) is 11.8 Å². The molecule has 8 nitrogen and oxygen atoms in total. The first kappa shape index (κ1) is 23.0. The number of aryl methyl sites for hydroxylation is 1. The molecule has 1 aromatic heterocycles. The standard InChI is InChI=1S/C22H41N7O/c1-5-19(6-2)20-8-11-29(17-20)22(24-16-21-26-25-18(3)27(21)4)23-9-7-10-28-12-14-30-15-13-28/h19-20H,5-17H2,1-4H3,(H,23,24). The fourth-order valence-corrected chi connectivity index (χ4v) is 4.65. The van der Waals surface area contributed by atoms with Gasteiger partial charge in [-0.05, 0) is 38.1 Å². The monoisotopic (exact) mass is 419 g/mol. The minimum atomic E-state index is 0.565. The molecule has 0 aromatic carbocycles. The third kappa shape index (κ3) is 6.17. The molecule has 2 saturated heterocycles. The fourth-order valence-electron chi connectivity index (χ4n) is 4.65. The average Bonchev–Trinajstić information content (AvgIpc) is 3.37. The normalized spacial score (nSPS) is 21.0. The van der Waals surface area contributed by atoms with Crippen LogP contribution < -0.4 is 5.32 Å². The number of hydrogen-bond acceptors (Lipinski definition) is 5. The van der Waals surface area contributed by atoms with Crippen LogP contribution in [0.4, 0.5) is 0 Å². The van der Waals surface area contributed by atoms with Crippen molar-refractivity contribution in [3.05, 3.63) is 11.6 Å². The Hall–Kier alpha value is -1.67. The summed E-state index contributed by atoms with van der Waals surface area (Å²) in [4.78, 5) is 9.90. The fraction of sp³-hybridized carbons (Fsp3) is 0.864. The quantitative estimate of drug-likeness (QED) is 0.375. The second-order valence-electron chi connectivity index (χ2n) is 8.67. The van der Waals surface area contributed by atoms with Gasteiger partial charge in [0, 0.05) is 39.8 Å². The Morgan fingerprint density at radius 3 is 2.63 bits per heavy atom. The van der Waals surface area contributed by atoms with Gasteiger partial charge in [-0.25, -0.2) is 4.99 Å². The number of morpholine rings is 1. The number of nitrogens with zero attached hydrogens (tertiary/aromatic N) is 6. The molecular formula is C22H41N7O. The number of ether oxygens (including phenoxy) is 1. The van der Waals surface area contributed by atoms with E-state index in [1.54, 1.807) is 0 Å². The van der Waals surface area contributed by atoms with Crippen LogP contribution in [-0.2, 0) is 18.3 Å². The Kier molecular flexibility index (Phi) is 8.93. The van der Waals surface area contributed by atoms with Crippen molar-refractivity contribution in [1.82, 2.24) is 29.9 Å². The molecule has 30 heavy (non-hydrogen) atoms. The Balaban J connectivity index is 1.58. The smallest absolute Gasteiger partial charge is 0.194 e. The van der Waals surface area contributed by atoms with Crippen LogP contribution in [-0.4, -0.2) is 83.0 Å². The highest BCUT2D eigenvalue weighted by atomic mass is 16.5. The van der Waals surface area contributed by atoms with E-state index in [-0.39, 0.29) is 0 Å². The van der Waals surface area contributed by atoms with E-state index < -0.39 is 0 Å². The van der Waals surface area contributed by atoms with Crippen LogP contribution in [0.3, 0.4) is 0 Å². The van der Waals surface area contributed by atoms with Crippen molar-refractivity contribution in [1.29, 1.82) is 0 Å². The number of aliphatic imine (C=N–C) groups is 1. The second-order valence-corrected chi connectivity index (χ2v) is 8.67. The van der Waals surface area contributed by atoms with Crippen molar-refractivity contribution in [2.45, 2.75) is 53.0 Å². The van der Waals surface area contributed by atoms with Crippen LogP contribution in [0.2, 0.25) is 0 Å². The molecule has 1 N–H and O–H groups in total. The number of rotatable bonds is 9. The zero-order valence-electron chi connectivity index (χ0n) is 19.4.